The topological polar surface area (TPSA) is 23.6 Å². The highest BCUT2D eigenvalue weighted by molar-refractivity contribution is 5.94. The van der Waals surface area contributed by atoms with Gasteiger partial charge in [-0.05, 0) is 59.9 Å². The normalized spacial score (nSPS) is 13.5. The van der Waals surface area contributed by atoms with Crippen LogP contribution in [0, 0.1) is 11.6 Å². The zero-order valence-electron chi connectivity index (χ0n) is 16.9. The molecule has 1 aliphatic rings. The second-order valence-electron chi connectivity index (χ2n) is 7.66. The third-order valence-electron chi connectivity index (χ3n) is 5.63. The van der Waals surface area contributed by atoms with Crippen molar-refractivity contribution in [1.29, 1.82) is 0 Å². The van der Waals surface area contributed by atoms with E-state index in [1.165, 1.54) is 23.1 Å². The molecule has 1 amide bonds. The monoisotopic (exact) mass is 406 g/mol. The maximum atomic E-state index is 14.6. The van der Waals surface area contributed by atoms with Gasteiger partial charge >= 0.3 is 0 Å². The lowest BCUT2D eigenvalue weighted by molar-refractivity contribution is -0.117. The number of halogens is 2. The summed E-state index contributed by atoms with van der Waals surface area (Å²) in [5.74, 6) is -0.676. The third-order valence-corrected chi connectivity index (χ3v) is 5.63. The Morgan fingerprint density at radius 2 is 1.50 bits per heavy atom. The number of benzene rings is 3. The molecule has 1 aliphatic heterocycles. The molecule has 3 nitrogen and oxygen atoms in total. The van der Waals surface area contributed by atoms with Gasteiger partial charge in [0.25, 0.3) is 0 Å². The van der Waals surface area contributed by atoms with E-state index in [1.807, 2.05) is 29.2 Å². The summed E-state index contributed by atoms with van der Waals surface area (Å²) in [6.07, 6.45) is 2.38. The van der Waals surface area contributed by atoms with E-state index in [2.05, 4.69) is 0 Å². The summed E-state index contributed by atoms with van der Waals surface area (Å²) < 4.78 is 27.7. The van der Waals surface area contributed by atoms with Crippen molar-refractivity contribution in [3.63, 3.8) is 0 Å². The third kappa shape index (κ3) is 4.35. The van der Waals surface area contributed by atoms with Gasteiger partial charge in [0, 0.05) is 25.8 Å². The molecule has 154 valence electrons. The van der Waals surface area contributed by atoms with Crippen molar-refractivity contribution < 1.29 is 13.6 Å². The molecule has 0 bridgehead atoms. The lowest BCUT2D eigenvalue weighted by atomic mass is 10.0. The van der Waals surface area contributed by atoms with Gasteiger partial charge in [0.2, 0.25) is 5.91 Å². The van der Waals surface area contributed by atoms with Gasteiger partial charge in [-0.2, -0.15) is 0 Å². The molecule has 30 heavy (non-hydrogen) atoms. The Balaban J connectivity index is 1.43. The molecule has 0 aliphatic carbocycles. The van der Waals surface area contributed by atoms with Crippen LogP contribution < -0.4 is 9.80 Å². The molecule has 5 heteroatoms. The maximum Gasteiger partial charge on any atom is 0.231 e. The smallest absolute Gasteiger partial charge is 0.231 e. The zero-order chi connectivity index (χ0) is 21.1. The number of hydrogen-bond donors (Lipinski definition) is 0. The molecule has 0 aromatic heterocycles. The van der Waals surface area contributed by atoms with Crippen molar-refractivity contribution in [3.05, 3.63) is 83.9 Å². The Labute approximate surface area is 175 Å². The SMILES string of the molecule is CN(C(=O)Cc1ccc(-c2ccc(F)cc2)cc1)c1ccc(N2CCCC2)c(F)c1. The Morgan fingerprint density at radius 1 is 0.900 bits per heavy atom. The summed E-state index contributed by atoms with van der Waals surface area (Å²) in [6.45, 7) is 1.75. The fourth-order valence-corrected chi connectivity index (χ4v) is 3.81. The van der Waals surface area contributed by atoms with E-state index in [9.17, 15) is 13.6 Å². The minimum absolute atomic E-state index is 0.113. The first-order valence-electron chi connectivity index (χ1n) is 10.2. The van der Waals surface area contributed by atoms with Crippen LogP contribution in [0.2, 0.25) is 0 Å². The number of nitrogens with zero attached hydrogens (tertiary/aromatic N) is 2. The number of rotatable bonds is 5. The van der Waals surface area contributed by atoms with E-state index >= 15 is 0 Å². The molecule has 1 fully saturated rings. The fraction of sp³-hybridized carbons (Fsp3) is 0.240. The molecule has 1 heterocycles. The zero-order valence-corrected chi connectivity index (χ0v) is 16.9. The number of amides is 1. The van der Waals surface area contributed by atoms with Crippen LogP contribution in [-0.4, -0.2) is 26.0 Å². The van der Waals surface area contributed by atoms with E-state index < -0.39 is 0 Å². The number of likely N-dealkylation sites (N-methyl/N-ethyl adjacent to an activating group) is 1. The summed E-state index contributed by atoms with van der Waals surface area (Å²) in [6, 6.07) is 18.9. The van der Waals surface area contributed by atoms with Gasteiger partial charge in [0.15, 0.2) is 0 Å². The molecular formula is C25H24F2N2O. The summed E-state index contributed by atoms with van der Waals surface area (Å²) in [5, 5.41) is 0. The first kappa shape index (κ1) is 20.1. The highest BCUT2D eigenvalue weighted by atomic mass is 19.1. The van der Waals surface area contributed by atoms with Gasteiger partial charge in [-0.15, -0.1) is 0 Å². The highest BCUT2D eigenvalue weighted by Gasteiger charge is 2.18. The Kier molecular flexibility index (Phi) is 5.79. The van der Waals surface area contributed by atoms with Crippen LogP contribution in [0.3, 0.4) is 0 Å². The Bertz CT molecular complexity index is 1030. The summed E-state index contributed by atoms with van der Waals surface area (Å²) >= 11 is 0. The molecular weight excluding hydrogens is 382 g/mol. The van der Waals surface area contributed by atoms with Crippen LogP contribution >= 0.6 is 0 Å². The van der Waals surface area contributed by atoms with Crippen molar-refractivity contribution in [2.45, 2.75) is 19.3 Å². The minimum atomic E-state index is -0.294. The van der Waals surface area contributed by atoms with Crippen molar-refractivity contribution in [1.82, 2.24) is 0 Å². The van der Waals surface area contributed by atoms with Gasteiger partial charge in [-0.3, -0.25) is 4.79 Å². The first-order valence-corrected chi connectivity index (χ1v) is 10.2. The molecule has 1 saturated heterocycles. The van der Waals surface area contributed by atoms with Crippen LogP contribution in [0.4, 0.5) is 20.2 Å². The maximum absolute atomic E-state index is 14.6. The van der Waals surface area contributed by atoms with Crippen molar-refractivity contribution >= 4 is 17.3 Å². The largest absolute Gasteiger partial charge is 0.369 e. The quantitative estimate of drug-likeness (QED) is 0.564. The van der Waals surface area contributed by atoms with Gasteiger partial charge in [-0.25, -0.2) is 8.78 Å². The molecule has 3 aromatic carbocycles. The van der Waals surface area contributed by atoms with Crippen molar-refractivity contribution in [2.24, 2.45) is 0 Å². The summed E-state index contributed by atoms with van der Waals surface area (Å²) in [7, 11) is 1.67. The van der Waals surface area contributed by atoms with Crippen LogP contribution in [0.5, 0.6) is 0 Å². The minimum Gasteiger partial charge on any atom is -0.369 e. The number of carbonyl (C=O) groups excluding carboxylic acids is 1. The molecule has 0 unspecified atom stereocenters. The van der Waals surface area contributed by atoms with E-state index in [0.717, 1.165) is 42.6 Å². The highest BCUT2D eigenvalue weighted by Crippen LogP contribution is 2.28. The molecule has 0 saturated carbocycles. The first-order chi connectivity index (χ1) is 14.5. The van der Waals surface area contributed by atoms with Crippen LogP contribution in [0.1, 0.15) is 18.4 Å². The van der Waals surface area contributed by atoms with E-state index in [1.54, 1.807) is 31.3 Å². The standard InChI is InChI=1S/C25H24F2N2O/c1-28(22-12-13-24(23(27)17-22)29-14-2-3-15-29)25(30)16-18-4-6-19(7-5-18)20-8-10-21(26)11-9-20/h4-13,17H,2-3,14-16H2,1H3. The molecule has 4 rings (SSSR count). The Morgan fingerprint density at radius 3 is 2.10 bits per heavy atom. The van der Waals surface area contributed by atoms with Gasteiger partial charge in [0.1, 0.15) is 11.6 Å². The average molecular weight is 406 g/mol. The lowest BCUT2D eigenvalue weighted by Gasteiger charge is -2.22. The summed E-state index contributed by atoms with van der Waals surface area (Å²) in [5.41, 5.74) is 3.89. The van der Waals surface area contributed by atoms with Crippen LogP contribution in [-0.2, 0) is 11.2 Å². The predicted octanol–water partition coefficient (Wildman–Crippen LogP) is 5.44. The molecule has 0 atom stereocenters. The molecule has 0 N–H and O–H groups in total. The second-order valence-corrected chi connectivity index (χ2v) is 7.66. The van der Waals surface area contributed by atoms with E-state index in [-0.39, 0.29) is 24.0 Å². The number of anilines is 2. The number of carbonyl (C=O) groups is 1. The molecule has 3 aromatic rings. The average Bonchev–Trinajstić information content (AvgIpc) is 3.29. The van der Waals surface area contributed by atoms with Gasteiger partial charge < -0.3 is 9.80 Å². The van der Waals surface area contributed by atoms with E-state index in [0.29, 0.717) is 11.4 Å². The van der Waals surface area contributed by atoms with Crippen LogP contribution in [0.15, 0.2) is 66.7 Å². The molecule has 0 spiro atoms. The van der Waals surface area contributed by atoms with Gasteiger partial charge in [0.05, 0.1) is 12.1 Å². The lowest BCUT2D eigenvalue weighted by Crippen LogP contribution is -2.28. The predicted molar refractivity (Wildman–Crippen MR) is 117 cm³/mol. The van der Waals surface area contributed by atoms with Gasteiger partial charge in [-0.1, -0.05) is 36.4 Å². The van der Waals surface area contributed by atoms with E-state index in [4.69, 9.17) is 0 Å². The second kappa shape index (κ2) is 8.66. The Hall–Kier alpha value is -3.21. The van der Waals surface area contributed by atoms with Crippen molar-refractivity contribution in [2.75, 3.05) is 29.9 Å². The molecule has 0 radical (unpaired) electrons. The summed E-state index contributed by atoms with van der Waals surface area (Å²) in [4.78, 5) is 16.2. The number of hydrogen-bond acceptors (Lipinski definition) is 2. The fourth-order valence-electron chi connectivity index (χ4n) is 3.81. The van der Waals surface area contributed by atoms with Crippen molar-refractivity contribution in [3.8, 4) is 11.1 Å². The van der Waals surface area contributed by atoms with Crippen LogP contribution in [0.25, 0.3) is 11.1 Å².